The number of carbonyl (C=O) groups excluding carboxylic acids is 1. The van der Waals surface area contributed by atoms with E-state index in [4.69, 9.17) is 4.18 Å². The standard InChI is InChI=1S/C24H38O2S/c1-22(2)20-9-7-17-18-8-6-16(12-15-26-27-5)23(18,3)13-10-19(17)24(20,4)14-11-21(22)25/h9,16-19H,6-8,10-15H2,1-5H3. The molecular weight excluding hydrogens is 352 g/mol. The van der Waals surface area contributed by atoms with E-state index in [1.807, 2.05) is 6.26 Å². The number of ketones is 1. The first-order valence-corrected chi connectivity index (χ1v) is 12.3. The minimum absolute atomic E-state index is 0.244. The molecule has 2 nitrogen and oxygen atoms in total. The third kappa shape index (κ3) is 2.89. The monoisotopic (exact) mass is 390 g/mol. The molecule has 4 rings (SSSR count). The Hall–Kier alpha value is -0.280. The molecule has 0 aromatic heterocycles. The fraction of sp³-hybridized carbons (Fsp3) is 0.875. The highest BCUT2D eigenvalue weighted by atomic mass is 32.2. The van der Waals surface area contributed by atoms with Gasteiger partial charge in [-0.3, -0.25) is 4.79 Å². The van der Waals surface area contributed by atoms with Crippen LogP contribution in [0.1, 0.15) is 79.1 Å². The predicted molar refractivity (Wildman–Crippen MR) is 113 cm³/mol. The average molecular weight is 391 g/mol. The van der Waals surface area contributed by atoms with Gasteiger partial charge >= 0.3 is 0 Å². The lowest BCUT2D eigenvalue weighted by molar-refractivity contribution is -0.132. The third-order valence-corrected chi connectivity index (χ3v) is 9.97. The summed E-state index contributed by atoms with van der Waals surface area (Å²) < 4.78 is 5.62. The van der Waals surface area contributed by atoms with Crippen LogP contribution in [0.25, 0.3) is 0 Å². The van der Waals surface area contributed by atoms with Crippen LogP contribution in [0.15, 0.2) is 11.6 Å². The molecule has 3 fully saturated rings. The first-order valence-electron chi connectivity index (χ1n) is 11.1. The van der Waals surface area contributed by atoms with E-state index in [0.29, 0.717) is 11.2 Å². The number of rotatable bonds is 4. The Balaban J connectivity index is 1.60. The molecule has 0 radical (unpaired) electrons. The second-order valence-corrected chi connectivity index (χ2v) is 11.4. The molecule has 0 aliphatic heterocycles. The molecule has 0 amide bonds. The van der Waals surface area contributed by atoms with Crippen molar-refractivity contribution in [2.75, 3.05) is 12.9 Å². The zero-order chi connectivity index (χ0) is 19.4. The summed E-state index contributed by atoms with van der Waals surface area (Å²) in [6, 6.07) is 0. The summed E-state index contributed by atoms with van der Waals surface area (Å²) in [5.41, 5.74) is 2.00. The lowest BCUT2D eigenvalue weighted by Gasteiger charge is -2.59. The molecule has 0 aromatic rings. The van der Waals surface area contributed by atoms with E-state index >= 15 is 0 Å². The van der Waals surface area contributed by atoms with E-state index in [9.17, 15) is 4.79 Å². The maximum absolute atomic E-state index is 12.6. The SMILES string of the molecule is CSOCCC1CCC2C3CC=C4C(C)(C)C(=O)CCC4(C)C3CCC12C. The van der Waals surface area contributed by atoms with Crippen LogP contribution in [-0.2, 0) is 8.98 Å². The van der Waals surface area contributed by atoms with Crippen LogP contribution in [0.4, 0.5) is 0 Å². The highest BCUT2D eigenvalue weighted by molar-refractivity contribution is 7.93. The van der Waals surface area contributed by atoms with Crippen molar-refractivity contribution in [3.63, 3.8) is 0 Å². The Labute approximate surface area is 170 Å². The van der Waals surface area contributed by atoms with Crippen molar-refractivity contribution in [2.45, 2.75) is 79.1 Å². The van der Waals surface area contributed by atoms with Crippen LogP contribution < -0.4 is 0 Å². The van der Waals surface area contributed by atoms with Crippen molar-refractivity contribution in [2.24, 2.45) is 39.9 Å². The molecule has 0 N–H and O–H groups in total. The summed E-state index contributed by atoms with van der Waals surface area (Å²) in [4.78, 5) is 12.6. The first-order chi connectivity index (χ1) is 12.7. The lowest BCUT2D eigenvalue weighted by Crippen LogP contribution is -2.53. The molecule has 3 saturated carbocycles. The quantitative estimate of drug-likeness (QED) is 0.313. The van der Waals surface area contributed by atoms with E-state index in [1.165, 1.54) is 56.1 Å². The van der Waals surface area contributed by atoms with Gasteiger partial charge in [0.25, 0.3) is 0 Å². The maximum Gasteiger partial charge on any atom is 0.142 e. The van der Waals surface area contributed by atoms with Crippen LogP contribution in [0.3, 0.4) is 0 Å². The maximum atomic E-state index is 12.6. The summed E-state index contributed by atoms with van der Waals surface area (Å²) in [7, 11) is 0. The first kappa shape index (κ1) is 20.0. The van der Waals surface area contributed by atoms with Gasteiger partial charge in [-0.15, -0.1) is 0 Å². The number of hydrogen-bond donors (Lipinski definition) is 0. The second kappa shape index (κ2) is 6.90. The number of allylic oxidation sites excluding steroid dienone is 2. The zero-order valence-corrected chi connectivity index (χ0v) is 18.8. The Kier molecular flexibility index (Phi) is 5.12. The van der Waals surface area contributed by atoms with E-state index in [2.05, 4.69) is 33.8 Å². The minimum Gasteiger partial charge on any atom is -0.316 e. The van der Waals surface area contributed by atoms with Gasteiger partial charge in [0.15, 0.2) is 0 Å². The molecule has 0 bridgehead atoms. The van der Waals surface area contributed by atoms with Gasteiger partial charge in [0.05, 0.1) is 6.61 Å². The number of hydrogen-bond acceptors (Lipinski definition) is 3. The van der Waals surface area contributed by atoms with Gasteiger partial charge in [-0.2, -0.15) is 0 Å². The molecule has 152 valence electrons. The Bertz CT molecular complexity index is 638. The van der Waals surface area contributed by atoms with Crippen molar-refractivity contribution < 1.29 is 8.98 Å². The smallest absolute Gasteiger partial charge is 0.142 e. The van der Waals surface area contributed by atoms with E-state index in [1.54, 1.807) is 0 Å². The summed E-state index contributed by atoms with van der Waals surface area (Å²) in [6.07, 6.45) is 14.4. The number of fused-ring (bicyclic) bond motifs is 5. The van der Waals surface area contributed by atoms with Gasteiger partial charge in [-0.05, 0) is 105 Å². The van der Waals surface area contributed by atoms with Gasteiger partial charge in [0, 0.05) is 18.1 Å². The van der Waals surface area contributed by atoms with Crippen LogP contribution in [-0.4, -0.2) is 18.6 Å². The molecular formula is C24H38O2S. The van der Waals surface area contributed by atoms with Gasteiger partial charge in [0.2, 0.25) is 0 Å². The highest BCUT2D eigenvalue weighted by Crippen LogP contribution is 2.68. The molecule has 6 atom stereocenters. The van der Waals surface area contributed by atoms with Crippen molar-refractivity contribution in [3.8, 4) is 0 Å². The Morgan fingerprint density at radius 1 is 1.11 bits per heavy atom. The molecule has 27 heavy (non-hydrogen) atoms. The van der Waals surface area contributed by atoms with Gasteiger partial charge in [-0.25, -0.2) is 0 Å². The number of carbonyl (C=O) groups is 1. The fourth-order valence-corrected chi connectivity index (χ4v) is 8.34. The van der Waals surface area contributed by atoms with Crippen LogP contribution in [0.2, 0.25) is 0 Å². The largest absolute Gasteiger partial charge is 0.316 e. The summed E-state index contributed by atoms with van der Waals surface area (Å²) in [5.74, 6) is 3.77. The Morgan fingerprint density at radius 3 is 2.63 bits per heavy atom. The molecule has 0 aromatic carbocycles. The van der Waals surface area contributed by atoms with Crippen molar-refractivity contribution >= 4 is 17.8 Å². The normalized spacial score (nSPS) is 45.7. The minimum atomic E-state index is -0.244. The van der Waals surface area contributed by atoms with E-state index in [0.717, 1.165) is 43.1 Å². The van der Waals surface area contributed by atoms with Gasteiger partial charge in [-0.1, -0.05) is 25.5 Å². The van der Waals surface area contributed by atoms with Crippen molar-refractivity contribution in [1.29, 1.82) is 0 Å². The molecule has 4 aliphatic carbocycles. The topological polar surface area (TPSA) is 26.3 Å². The summed E-state index contributed by atoms with van der Waals surface area (Å²) in [5, 5.41) is 0. The number of Topliss-reactive ketones (excluding diaryl/α,β-unsaturated/α-hetero) is 1. The average Bonchev–Trinajstić information content (AvgIpc) is 2.96. The molecule has 0 spiro atoms. The zero-order valence-electron chi connectivity index (χ0n) is 18.0. The molecule has 3 heteroatoms. The van der Waals surface area contributed by atoms with E-state index < -0.39 is 0 Å². The molecule has 0 saturated heterocycles. The summed E-state index contributed by atoms with van der Waals surface area (Å²) in [6.45, 7) is 10.4. The van der Waals surface area contributed by atoms with Gasteiger partial charge < -0.3 is 4.18 Å². The summed E-state index contributed by atoms with van der Waals surface area (Å²) >= 11 is 1.51. The second-order valence-electron chi connectivity index (χ2n) is 10.8. The molecule has 4 aliphatic rings. The van der Waals surface area contributed by atoms with E-state index in [-0.39, 0.29) is 10.8 Å². The lowest BCUT2D eigenvalue weighted by atomic mass is 9.44. The predicted octanol–water partition coefficient (Wildman–Crippen LogP) is 6.46. The van der Waals surface area contributed by atoms with Crippen LogP contribution in [0, 0.1) is 39.9 Å². The van der Waals surface area contributed by atoms with Crippen LogP contribution >= 0.6 is 12.0 Å². The Morgan fingerprint density at radius 2 is 1.89 bits per heavy atom. The third-order valence-electron chi connectivity index (χ3n) is 9.57. The van der Waals surface area contributed by atoms with Crippen molar-refractivity contribution in [3.05, 3.63) is 11.6 Å². The highest BCUT2D eigenvalue weighted by Gasteiger charge is 2.60. The fourth-order valence-electron chi connectivity index (χ4n) is 8.08. The molecule has 6 unspecified atom stereocenters. The van der Waals surface area contributed by atoms with Gasteiger partial charge in [0.1, 0.15) is 5.78 Å². The molecule has 0 heterocycles. The van der Waals surface area contributed by atoms with Crippen LogP contribution in [0.5, 0.6) is 0 Å². The van der Waals surface area contributed by atoms with Crippen molar-refractivity contribution in [1.82, 2.24) is 0 Å².